The summed E-state index contributed by atoms with van der Waals surface area (Å²) in [5.41, 5.74) is 2.08. The molecule has 1 fully saturated rings. The van der Waals surface area contributed by atoms with Gasteiger partial charge in [0.2, 0.25) is 5.91 Å². The van der Waals surface area contributed by atoms with Crippen LogP contribution in [0.15, 0.2) is 42.7 Å². The number of carbonyl (C=O) groups excluding carboxylic acids is 1. The van der Waals surface area contributed by atoms with Crippen molar-refractivity contribution in [3.05, 3.63) is 48.3 Å². The molecule has 1 amide bonds. The van der Waals surface area contributed by atoms with E-state index < -0.39 is 0 Å². The number of nitrogens with one attached hydrogen (secondary N) is 1. The molecule has 0 spiro atoms. The second-order valence-corrected chi connectivity index (χ2v) is 6.28. The quantitative estimate of drug-likeness (QED) is 0.890. The van der Waals surface area contributed by atoms with Crippen molar-refractivity contribution in [2.75, 3.05) is 20.1 Å². The lowest BCUT2D eigenvalue weighted by Gasteiger charge is -2.17. The molecule has 2 aromatic rings. The van der Waals surface area contributed by atoms with Gasteiger partial charge in [-0.15, -0.1) is 0 Å². The molecule has 1 aromatic carbocycles. The number of benzene rings is 1. The molecular formula is C18H24N4O. The Morgan fingerprint density at radius 3 is 2.96 bits per heavy atom. The van der Waals surface area contributed by atoms with Gasteiger partial charge in [-0.05, 0) is 44.0 Å². The molecule has 122 valence electrons. The van der Waals surface area contributed by atoms with Crippen LogP contribution in [0.1, 0.15) is 24.8 Å². The van der Waals surface area contributed by atoms with Crippen LogP contribution in [0.5, 0.6) is 0 Å². The molecular weight excluding hydrogens is 288 g/mol. The summed E-state index contributed by atoms with van der Waals surface area (Å²) in [7, 11) is 1.87. The first kappa shape index (κ1) is 15.7. The zero-order valence-corrected chi connectivity index (χ0v) is 13.6. The van der Waals surface area contributed by atoms with Gasteiger partial charge < -0.3 is 10.2 Å². The Morgan fingerprint density at radius 1 is 1.39 bits per heavy atom. The van der Waals surface area contributed by atoms with Gasteiger partial charge in [0.25, 0.3) is 0 Å². The molecule has 23 heavy (non-hydrogen) atoms. The molecule has 1 N–H and O–H groups in total. The molecule has 1 aliphatic rings. The van der Waals surface area contributed by atoms with Crippen LogP contribution in [0.3, 0.4) is 0 Å². The molecule has 1 aromatic heterocycles. The molecule has 1 unspecified atom stereocenters. The van der Waals surface area contributed by atoms with Crippen LogP contribution in [-0.4, -0.2) is 40.7 Å². The van der Waals surface area contributed by atoms with Crippen molar-refractivity contribution in [2.24, 2.45) is 5.92 Å². The topological polar surface area (TPSA) is 50.2 Å². The maximum Gasteiger partial charge on any atom is 0.222 e. The Balaban J connectivity index is 1.52. The number of carbonyl (C=O) groups is 1. The van der Waals surface area contributed by atoms with Gasteiger partial charge in [-0.1, -0.05) is 18.2 Å². The van der Waals surface area contributed by atoms with E-state index >= 15 is 0 Å². The number of para-hydroxylation sites is 1. The number of rotatable bonds is 6. The van der Waals surface area contributed by atoms with Crippen molar-refractivity contribution in [1.29, 1.82) is 0 Å². The van der Waals surface area contributed by atoms with Crippen molar-refractivity contribution in [3.8, 4) is 5.69 Å². The average Bonchev–Trinajstić information content (AvgIpc) is 3.25. The van der Waals surface area contributed by atoms with E-state index in [1.54, 1.807) is 4.90 Å². The molecule has 1 saturated heterocycles. The van der Waals surface area contributed by atoms with E-state index in [0.29, 0.717) is 18.9 Å². The highest BCUT2D eigenvalue weighted by atomic mass is 16.2. The van der Waals surface area contributed by atoms with Gasteiger partial charge >= 0.3 is 0 Å². The van der Waals surface area contributed by atoms with Crippen molar-refractivity contribution >= 4 is 5.91 Å². The highest BCUT2D eigenvalue weighted by Gasteiger charge is 2.17. The van der Waals surface area contributed by atoms with Crippen LogP contribution in [-0.2, 0) is 11.3 Å². The number of aromatic nitrogens is 2. The Bertz CT molecular complexity index is 631. The highest BCUT2D eigenvalue weighted by Crippen LogP contribution is 2.16. The molecule has 0 aliphatic carbocycles. The first-order chi connectivity index (χ1) is 11.2. The van der Waals surface area contributed by atoms with Crippen LogP contribution < -0.4 is 5.32 Å². The molecule has 1 aliphatic heterocycles. The summed E-state index contributed by atoms with van der Waals surface area (Å²) in [4.78, 5) is 14.1. The molecule has 5 nitrogen and oxygen atoms in total. The van der Waals surface area contributed by atoms with E-state index in [9.17, 15) is 4.79 Å². The average molecular weight is 312 g/mol. The molecule has 5 heteroatoms. The maximum atomic E-state index is 12.3. The Labute approximate surface area is 137 Å². The van der Waals surface area contributed by atoms with Crippen LogP contribution in [0.4, 0.5) is 0 Å². The third-order valence-electron chi connectivity index (χ3n) is 4.43. The summed E-state index contributed by atoms with van der Waals surface area (Å²) in [5.74, 6) is 0.873. The van der Waals surface area contributed by atoms with Crippen LogP contribution in [0.25, 0.3) is 5.69 Å². The fourth-order valence-corrected chi connectivity index (χ4v) is 3.01. The minimum absolute atomic E-state index is 0.212. The van der Waals surface area contributed by atoms with Gasteiger partial charge in [0.1, 0.15) is 0 Å². The van der Waals surface area contributed by atoms with E-state index in [4.69, 9.17) is 0 Å². The summed E-state index contributed by atoms with van der Waals surface area (Å²) in [6.07, 6.45) is 6.63. The lowest BCUT2D eigenvalue weighted by Crippen LogP contribution is -2.26. The van der Waals surface area contributed by atoms with Crippen molar-refractivity contribution < 1.29 is 4.79 Å². The fraction of sp³-hybridized carbons (Fsp3) is 0.444. The summed E-state index contributed by atoms with van der Waals surface area (Å²) < 4.78 is 1.85. The molecule has 2 heterocycles. The van der Waals surface area contributed by atoms with Gasteiger partial charge in [-0.2, -0.15) is 5.10 Å². The third-order valence-corrected chi connectivity index (χ3v) is 4.43. The number of amides is 1. The summed E-state index contributed by atoms with van der Waals surface area (Å²) in [6, 6.07) is 10.00. The van der Waals surface area contributed by atoms with E-state index in [1.165, 1.54) is 6.42 Å². The lowest BCUT2D eigenvalue weighted by atomic mass is 10.0. The standard InChI is InChI=1S/C18H24N4O/c1-21(18(23)8-7-15-9-10-19-11-15)13-16-12-20-22(14-16)17-5-3-2-4-6-17/h2-6,12,14-15,19H,7-11,13H2,1H3. The molecule has 0 radical (unpaired) electrons. The van der Waals surface area contributed by atoms with Gasteiger partial charge in [0, 0.05) is 31.8 Å². The van der Waals surface area contributed by atoms with Gasteiger partial charge in [-0.25, -0.2) is 4.68 Å². The zero-order chi connectivity index (χ0) is 16.1. The first-order valence-corrected chi connectivity index (χ1v) is 8.26. The van der Waals surface area contributed by atoms with Crippen LogP contribution >= 0.6 is 0 Å². The van der Waals surface area contributed by atoms with Crippen LogP contribution in [0.2, 0.25) is 0 Å². The lowest BCUT2D eigenvalue weighted by molar-refractivity contribution is -0.130. The smallest absolute Gasteiger partial charge is 0.222 e. The number of nitrogens with zero attached hydrogens (tertiary/aromatic N) is 3. The minimum Gasteiger partial charge on any atom is -0.341 e. The number of hydrogen-bond acceptors (Lipinski definition) is 3. The van der Waals surface area contributed by atoms with Crippen molar-refractivity contribution in [1.82, 2.24) is 20.0 Å². The summed E-state index contributed by atoms with van der Waals surface area (Å²) in [5, 5.41) is 7.73. The van der Waals surface area contributed by atoms with E-state index in [1.807, 2.05) is 54.5 Å². The normalized spacial score (nSPS) is 17.3. The van der Waals surface area contributed by atoms with Gasteiger partial charge in [0.15, 0.2) is 0 Å². The maximum absolute atomic E-state index is 12.3. The predicted octanol–water partition coefficient (Wildman–Crippen LogP) is 2.22. The highest BCUT2D eigenvalue weighted by molar-refractivity contribution is 5.75. The molecule has 0 bridgehead atoms. The van der Waals surface area contributed by atoms with E-state index in [2.05, 4.69) is 10.4 Å². The Morgan fingerprint density at radius 2 is 2.22 bits per heavy atom. The van der Waals surface area contributed by atoms with E-state index in [0.717, 1.165) is 30.8 Å². The van der Waals surface area contributed by atoms with E-state index in [-0.39, 0.29) is 5.91 Å². The fourth-order valence-electron chi connectivity index (χ4n) is 3.01. The van der Waals surface area contributed by atoms with Crippen LogP contribution in [0, 0.1) is 5.92 Å². The number of hydrogen-bond donors (Lipinski definition) is 1. The molecule has 1 atom stereocenters. The summed E-state index contributed by atoms with van der Waals surface area (Å²) >= 11 is 0. The first-order valence-electron chi connectivity index (χ1n) is 8.26. The largest absolute Gasteiger partial charge is 0.341 e. The molecule has 0 saturated carbocycles. The SMILES string of the molecule is CN(Cc1cnn(-c2ccccc2)c1)C(=O)CCC1CCNC1. The summed E-state index contributed by atoms with van der Waals surface area (Å²) in [6.45, 7) is 2.75. The third kappa shape index (κ3) is 4.20. The Kier molecular flexibility index (Phi) is 5.08. The van der Waals surface area contributed by atoms with Crippen molar-refractivity contribution in [3.63, 3.8) is 0 Å². The predicted molar refractivity (Wildman–Crippen MR) is 90.2 cm³/mol. The van der Waals surface area contributed by atoms with Crippen molar-refractivity contribution in [2.45, 2.75) is 25.8 Å². The Hall–Kier alpha value is -2.14. The monoisotopic (exact) mass is 312 g/mol. The molecule has 3 rings (SSSR count). The zero-order valence-electron chi connectivity index (χ0n) is 13.6. The van der Waals surface area contributed by atoms with Gasteiger partial charge in [-0.3, -0.25) is 4.79 Å². The van der Waals surface area contributed by atoms with Gasteiger partial charge in [0.05, 0.1) is 11.9 Å². The minimum atomic E-state index is 0.212. The second-order valence-electron chi connectivity index (χ2n) is 6.28. The second kappa shape index (κ2) is 7.42.